The van der Waals surface area contributed by atoms with Crippen molar-refractivity contribution in [2.45, 2.75) is 58.7 Å². The van der Waals surface area contributed by atoms with Gasteiger partial charge in [0, 0.05) is 20.1 Å². The molecule has 16 nitrogen and oxygen atoms in total. The largest absolute Gasteiger partial charge is 0.507 e. The number of phenolic OH excluding ortho intramolecular Hbond substituents is 2. The molecule has 0 aliphatic rings. The third-order valence-corrected chi connectivity index (χ3v) is 22.9. The van der Waals surface area contributed by atoms with Gasteiger partial charge in [-0.05, 0) is 170 Å². The van der Waals surface area contributed by atoms with Gasteiger partial charge in [0.25, 0.3) is 0 Å². The fourth-order valence-electron chi connectivity index (χ4n) is 7.26. The maximum absolute atomic E-state index is 14.3. The molecule has 8 aromatic carbocycles. The normalized spacial score (nSPS) is 12.5. The first-order valence-corrected chi connectivity index (χ1v) is 31.8. The molecule has 0 unspecified atom stereocenters. The molecule has 0 aromatic heterocycles. The monoisotopic (exact) mass is 1220 g/mol. The summed E-state index contributed by atoms with van der Waals surface area (Å²) in [5, 5.41) is 22.0. The van der Waals surface area contributed by atoms with Crippen molar-refractivity contribution in [3.8, 4) is 23.0 Å². The lowest BCUT2D eigenvalue weighted by atomic mass is 10.3. The summed E-state index contributed by atoms with van der Waals surface area (Å²) >= 11 is 23.9. The van der Waals surface area contributed by atoms with E-state index in [4.69, 9.17) is 55.9 Å². The molecule has 0 atom stereocenters. The standard InChI is InChI=1S/C50H34Cl4O16S6/c51-31-1-9-35(10-2-31)73(61,62)47-27-39(17-21-43(47)55)71(57,58)41-19-23-45(49(29-41)75(65,66)37-13-5-33(53)6-14-37)69-25-26-70-46-24-20-42(30-50(46)76(67,68)38-15-7-34(54)8-16-38)72(59,60)40-18-22-44(56)48(28-40)74(63,64)36-11-3-32(52)4-12-36/h1-24,27-30,55-56H,25-26H2. The summed E-state index contributed by atoms with van der Waals surface area (Å²) in [5.74, 6) is -2.43. The summed E-state index contributed by atoms with van der Waals surface area (Å²) in [5.41, 5.74) is 0. The number of sulfone groups is 6. The minimum absolute atomic E-state index is 0.166. The Bertz CT molecular complexity index is 4020. The predicted octanol–water partition coefficient (Wildman–Crippen LogP) is 10.2. The van der Waals surface area contributed by atoms with Crippen molar-refractivity contribution in [1.82, 2.24) is 0 Å². The van der Waals surface area contributed by atoms with Crippen LogP contribution in [0, 0.1) is 0 Å². The van der Waals surface area contributed by atoms with Crippen LogP contribution in [-0.2, 0) is 59.0 Å². The van der Waals surface area contributed by atoms with E-state index in [9.17, 15) is 60.7 Å². The Balaban J connectivity index is 1.13. The molecule has 0 aliphatic heterocycles. The van der Waals surface area contributed by atoms with Gasteiger partial charge in [0.1, 0.15) is 55.8 Å². The molecule has 0 saturated carbocycles. The minimum atomic E-state index is -4.79. The molecule has 26 heteroatoms. The van der Waals surface area contributed by atoms with Gasteiger partial charge in [-0.1, -0.05) is 46.4 Å². The highest BCUT2D eigenvalue weighted by molar-refractivity contribution is 7.93. The third-order valence-electron chi connectivity index (χ3n) is 11.2. The van der Waals surface area contributed by atoms with Crippen LogP contribution in [0.5, 0.6) is 23.0 Å². The van der Waals surface area contributed by atoms with Crippen LogP contribution in [-0.4, -0.2) is 73.9 Å². The third kappa shape index (κ3) is 11.1. The van der Waals surface area contributed by atoms with E-state index in [-0.39, 0.29) is 39.7 Å². The first-order chi connectivity index (χ1) is 35.6. The fourth-order valence-corrected chi connectivity index (χ4v) is 16.3. The average molecular weight is 1230 g/mol. The van der Waals surface area contributed by atoms with Crippen molar-refractivity contribution in [2.75, 3.05) is 13.2 Å². The molecule has 394 valence electrons. The van der Waals surface area contributed by atoms with Crippen molar-refractivity contribution in [3.05, 3.63) is 190 Å². The van der Waals surface area contributed by atoms with Crippen LogP contribution in [0.2, 0.25) is 20.1 Å². The number of ether oxygens (including phenoxy) is 2. The molecule has 0 spiro atoms. The Morgan fingerprint density at radius 2 is 0.487 bits per heavy atom. The van der Waals surface area contributed by atoms with Gasteiger partial charge in [-0.3, -0.25) is 0 Å². The molecule has 0 bridgehead atoms. The van der Waals surface area contributed by atoms with Crippen molar-refractivity contribution >= 4 is 105 Å². The van der Waals surface area contributed by atoms with Gasteiger partial charge in [-0.25, -0.2) is 50.5 Å². The summed E-state index contributed by atoms with van der Waals surface area (Å²) in [6.45, 7) is -1.14. The lowest BCUT2D eigenvalue weighted by Crippen LogP contribution is -2.15. The molecule has 76 heavy (non-hydrogen) atoms. The van der Waals surface area contributed by atoms with Gasteiger partial charge in [0.15, 0.2) is 0 Å². The number of hydrogen-bond acceptors (Lipinski definition) is 16. The van der Waals surface area contributed by atoms with E-state index in [1.165, 1.54) is 48.5 Å². The minimum Gasteiger partial charge on any atom is -0.507 e. The van der Waals surface area contributed by atoms with Crippen molar-refractivity contribution in [3.63, 3.8) is 0 Å². The van der Waals surface area contributed by atoms with Crippen LogP contribution in [0.25, 0.3) is 0 Å². The Hall–Kier alpha value is -6.18. The van der Waals surface area contributed by atoms with Crippen LogP contribution in [0.15, 0.2) is 229 Å². The predicted molar refractivity (Wildman–Crippen MR) is 279 cm³/mol. The number of benzene rings is 8. The lowest BCUT2D eigenvalue weighted by Gasteiger charge is -2.17. The van der Waals surface area contributed by atoms with Crippen LogP contribution in [0.1, 0.15) is 0 Å². The van der Waals surface area contributed by atoms with E-state index in [0.717, 1.165) is 109 Å². The topological polar surface area (TPSA) is 264 Å². The van der Waals surface area contributed by atoms with E-state index in [1.807, 2.05) is 0 Å². The van der Waals surface area contributed by atoms with Crippen LogP contribution >= 0.6 is 46.4 Å². The zero-order valence-electron chi connectivity index (χ0n) is 38.2. The fraction of sp³-hybridized carbons (Fsp3) is 0.0400. The van der Waals surface area contributed by atoms with E-state index < -0.39 is 134 Å². The Kier molecular flexibility index (Phi) is 15.7. The smallest absolute Gasteiger partial charge is 0.210 e. The molecular weight excluding hydrogens is 1190 g/mol. The molecule has 8 aromatic rings. The van der Waals surface area contributed by atoms with Gasteiger partial charge in [0.2, 0.25) is 59.0 Å². The Morgan fingerprint density at radius 1 is 0.276 bits per heavy atom. The van der Waals surface area contributed by atoms with E-state index in [0.29, 0.717) is 12.1 Å². The second-order valence-corrected chi connectivity index (χ2v) is 29.3. The lowest BCUT2D eigenvalue weighted by molar-refractivity contribution is 0.210. The summed E-state index contributed by atoms with van der Waals surface area (Å²) in [7, 11) is -28.0. The molecule has 0 fully saturated rings. The van der Waals surface area contributed by atoms with E-state index in [2.05, 4.69) is 0 Å². The highest BCUT2D eigenvalue weighted by Crippen LogP contribution is 2.39. The van der Waals surface area contributed by atoms with E-state index >= 15 is 0 Å². The second-order valence-electron chi connectivity index (χ2n) is 16.0. The zero-order chi connectivity index (χ0) is 55.2. The quantitative estimate of drug-likeness (QED) is 0.0803. The average Bonchev–Trinajstić information content (AvgIpc) is 3.38. The number of rotatable bonds is 17. The van der Waals surface area contributed by atoms with Crippen molar-refractivity contribution in [1.29, 1.82) is 0 Å². The van der Waals surface area contributed by atoms with Crippen LogP contribution in [0.3, 0.4) is 0 Å². The summed E-state index contributed by atoms with van der Waals surface area (Å²) in [6.07, 6.45) is 0. The number of hydrogen-bond donors (Lipinski definition) is 2. The van der Waals surface area contributed by atoms with Gasteiger partial charge < -0.3 is 19.7 Å². The van der Waals surface area contributed by atoms with Crippen molar-refractivity contribution in [2.24, 2.45) is 0 Å². The maximum atomic E-state index is 14.3. The zero-order valence-corrected chi connectivity index (χ0v) is 46.1. The Morgan fingerprint density at radius 3 is 0.750 bits per heavy atom. The first-order valence-electron chi connectivity index (χ1n) is 21.4. The molecule has 0 aliphatic carbocycles. The molecule has 0 heterocycles. The highest BCUT2D eigenvalue weighted by Gasteiger charge is 2.32. The SMILES string of the molecule is O=S(=O)(c1ccc(O)c(S(=O)(=O)c2ccc(Cl)cc2)c1)c1ccc(OCCOc2ccc(S(=O)(=O)c3ccc(O)c(S(=O)(=O)c4ccc(Cl)cc4)c3)cc2S(=O)(=O)c2ccc(Cl)cc2)c(S(=O)(=O)c2ccc(Cl)cc2)c1. The second kappa shape index (κ2) is 21.3. The molecule has 2 N–H and O–H groups in total. The van der Waals surface area contributed by atoms with Crippen molar-refractivity contribution < 1.29 is 70.2 Å². The number of aromatic hydroxyl groups is 2. The number of phenols is 2. The summed E-state index contributed by atoms with van der Waals surface area (Å²) in [6, 6.07) is 29.9. The molecule has 8 rings (SSSR count). The summed E-state index contributed by atoms with van der Waals surface area (Å²) < 4.78 is 180. The molecule has 0 radical (unpaired) electrons. The van der Waals surface area contributed by atoms with Gasteiger partial charge in [-0.2, -0.15) is 0 Å². The highest BCUT2D eigenvalue weighted by atomic mass is 35.5. The Labute approximate surface area is 456 Å². The molecular formula is C50H34Cl4O16S6. The van der Waals surface area contributed by atoms with Crippen LogP contribution < -0.4 is 9.47 Å². The van der Waals surface area contributed by atoms with Crippen LogP contribution in [0.4, 0.5) is 0 Å². The van der Waals surface area contributed by atoms with Gasteiger partial charge in [-0.15, -0.1) is 0 Å². The molecule has 0 amide bonds. The molecule has 0 saturated heterocycles. The van der Waals surface area contributed by atoms with Gasteiger partial charge >= 0.3 is 0 Å². The van der Waals surface area contributed by atoms with E-state index in [1.54, 1.807) is 0 Å². The first kappa shape index (κ1) is 56.0. The number of halogens is 4. The maximum Gasteiger partial charge on any atom is 0.210 e. The van der Waals surface area contributed by atoms with Gasteiger partial charge in [0.05, 0.1) is 39.2 Å². The summed E-state index contributed by atoms with van der Waals surface area (Å²) in [4.78, 5) is -6.91.